The summed E-state index contributed by atoms with van der Waals surface area (Å²) in [4.78, 5) is 32.2. The van der Waals surface area contributed by atoms with Crippen LogP contribution in [0.5, 0.6) is 23.0 Å². The van der Waals surface area contributed by atoms with Crippen LogP contribution in [0.4, 0.5) is 0 Å². The Morgan fingerprint density at radius 3 is 2.52 bits per heavy atom. The fraction of sp³-hybridized carbons (Fsp3) is 0.276. The van der Waals surface area contributed by atoms with Crippen molar-refractivity contribution >= 4 is 39.3 Å². The van der Waals surface area contributed by atoms with Crippen LogP contribution < -0.4 is 33.8 Å². The Bertz CT molecular complexity index is 1720. The second-order valence-electron chi connectivity index (χ2n) is 8.44. The number of methoxy groups -OCH3 is 3. The number of terminal acetylenes is 1. The molecule has 9 nitrogen and oxygen atoms in total. The van der Waals surface area contributed by atoms with Gasteiger partial charge in [-0.25, -0.2) is 9.79 Å². The average Bonchev–Trinajstić information content (AvgIpc) is 3.24. The molecule has 208 valence electrons. The van der Waals surface area contributed by atoms with Crippen LogP contribution >= 0.6 is 27.3 Å². The smallest absolute Gasteiger partial charge is 0.338 e. The number of nitrogens with zero attached hydrogens (tertiary/aromatic N) is 2. The second kappa shape index (κ2) is 12.4. The zero-order chi connectivity index (χ0) is 29.0. The third-order valence-electron chi connectivity index (χ3n) is 6.10. The maximum atomic E-state index is 14.0. The summed E-state index contributed by atoms with van der Waals surface area (Å²) in [7, 11) is 4.57. The monoisotopic (exact) mass is 626 g/mol. The summed E-state index contributed by atoms with van der Waals surface area (Å²) in [6, 6.07) is 7.98. The number of hydrogen-bond donors (Lipinski definition) is 0. The fourth-order valence-corrected chi connectivity index (χ4v) is 5.88. The number of carbonyl (C=O) groups is 1. The number of ether oxygens (including phenoxy) is 5. The number of carbonyl (C=O) groups excluding carboxylic acids is 1. The van der Waals surface area contributed by atoms with Crippen molar-refractivity contribution in [1.82, 2.24) is 4.57 Å². The molecular formula is C29H27BrN2O7S. The van der Waals surface area contributed by atoms with Gasteiger partial charge in [0.2, 0.25) is 0 Å². The summed E-state index contributed by atoms with van der Waals surface area (Å²) in [5, 5.41) is 0. The van der Waals surface area contributed by atoms with Crippen LogP contribution in [0.2, 0.25) is 0 Å². The Morgan fingerprint density at radius 2 is 1.88 bits per heavy atom. The van der Waals surface area contributed by atoms with E-state index < -0.39 is 12.0 Å². The molecule has 0 N–H and O–H groups in total. The summed E-state index contributed by atoms with van der Waals surface area (Å²) < 4.78 is 30.1. The van der Waals surface area contributed by atoms with Gasteiger partial charge in [-0.3, -0.25) is 9.36 Å². The van der Waals surface area contributed by atoms with Gasteiger partial charge in [-0.1, -0.05) is 39.3 Å². The summed E-state index contributed by atoms with van der Waals surface area (Å²) in [6.07, 6.45) is 7.11. The van der Waals surface area contributed by atoms with Gasteiger partial charge in [0, 0.05) is 10.0 Å². The second-order valence-corrected chi connectivity index (χ2v) is 10.4. The number of benzene rings is 2. The molecule has 1 atom stereocenters. The van der Waals surface area contributed by atoms with E-state index in [9.17, 15) is 9.59 Å². The third kappa shape index (κ3) is 5.50. The number of rotatable bonds is 9. The van der Waals surface area contributed by atoms with E-state index in [1.165, 1.54) is 37.2 Å². The van der Waals surface area contributed by atoms with Gasteiger partial charge in [0.15, 0.2) is 27.8 Å². The molecule has 0 bridgehead atoms. The molecule has 3 aromatic rings. The number of allylic oxidation sites excluding steroid dienone is 1. The number of esters is 1. The largest absolute Gasteiger partial charge is 0.493 e. The molecule has 0 spiro atoms. The highest BCUT2D eigenvalue weighted by Crippen LogP contribution is 2.37. The van der Waals surface area contributed by atoms with E-state index in [1.54, 1.807) is 50.3 Å². The van der Waals surface area contributed by atoms with E-state index in [0.29, 0.717) is 49.2 Å². The third-order valence-corrected chi connectivity index (χ3v) is 7.54. The SMILES string of the molecule is C#CCOc1c(/C=c2\sc3n(c2=O)[C@H](c2ccc(OC)c(OC)c2)C(C(=O)OCC)=C(C)N=3)cc(Br)cc1OC. The minimum atomic E-state index is -0.813. The van der Waals surface area contributed by atoms with Gasteiger partial charge in [-0.2, -0.15) is 0 Å². The predicted molar refractivity (Wildman–Crippen MR) is 155 cm³/mol. The highest BCUT2D eigenvalue weighted by molar-refractivity contribution is 9.10. The summed E-state index contributed by atoms with van der Waals surface area (Å²) >= 11 is 4.67. The summed E-state index contributed by atoms with van der Waals surface area (Å²) in [5.74, 6) is 3.71. The molecular weight excluding hydrogens is 600 g/mol. The quantitative estimate of drug-likeness (QED) is 0.264. The molecule has 0 unspecified atom stereocenters. The molecule has 0 aliphatic carbocycles. The molecule has 1 aliphatic heterocycles. The first kappa shape index (κ1) is 29.0. The van der Waals surface area contributed by atoms with E-state index in [1.807, 2.05) is 0 Å². The van der Waals surface area contributed by atoms with Crippen molar-refractivity contribution in [3.05, 3.63) is 76.9 Å². The van der Waals surface area contributed by atoms with Gasteiger partial charge in [0.05, 0.1) is 49.8 Å². The first-order chi connectivity index (χ1) is 19.3. The summed E-state index contributed by atoms with van der Waals surface area (Å²) in [6.45, 7) is 3.63. The van der Waals surface area contributed by atoms with Gasteiger partial charge < -0.3 is 23.7 Å². The predicted octanol–water partition coefficient (Wildman–Crippen LogP) is 3.60. The van der Waals surface area contributed by atoms with E-state index in [0.717, 1.165) is 4.47 Å². The van der Waals surface area contributed by atoms with Gasteiger partial charge in [-0.05, 0) is 49.8 Å². The Morgan fingerprint density at radius 1 is 1.15 bits per heavy atom. The Labute approximate surface area is 243 Å². The number of fused-ring (bicyclic) bond motifs is 1. The van der Waals surface area contributed by atoms with E-state index in [2.05, 4.69) is 26.8 Å². The normalized spacial score (nSPS) is 14.6. The lowest BCUT2D eigenvalue weighted by Crippen LogP contribution is -2.40. The molecule has 0 saturated carbocycles. The van der Waals surface area contributed by atoms with Crippen molar-refractivity contribution in [3.8, 4) is 35.3 Å². The van der Waals surface area contributed by atoms with Crippen molar-refractivity contribution in [2.75, 3.05) is 34.5 Å². The van der Waals surface area contributed by atoms with Gasteiger partial charge in [-0.15, -0.1) is 6.42 Å². The molecule has 40 heavy (non-hydrogen) atoms. The standard InChI is InChI=1S/C29H27BrN2O7S/c1-7-11-39-26-18(12-19(30)15-22(26)37-6)14-23-27(33)32-25(17-9-10-20(35-4)21(13-17)36-5)24(28(34)38-8-2)16(3)31-29(32)40-23/h1,9-10,12-15,25H,8,11H2,2-6H3/b23-14-/t25-/m1/s1. The minimum Gasteiger partial charge on any atom is -0.493 e. The van der Waals surface area contributed by atoms with Crippen LogP contribution in [0, 0.1) is 12.3 Å². The van der Waals surface area contributed by atoms with Gasteiger partial charge in [0.1, 0.15) is 6.61 Å². The minimum absolute atomic E-state index is 0.0154. The Kier molecular flexibility index (Phi) is 9.02. The first-order valence-corrected chi connectivity index (χ1v) is 13.7. The molecule has 1 aliphatic rings. The van der Waals surface area contributed by atoms with Crippen LogP contribution in [0.3, 0.4) is 0 Å². The van der Waals surface area contributed by atoms with Gasteiger partial charge in [0.25, 0.3) is 5.56 Å². The highest BCUT2D eigenvalue weighted by atomic mass is 79.9. The number of halogens is 1. The molecule has 0 fully saturated rings. The Balaban J connectivity index is 1.99. The van der Waals surface area contributed by atoms with E-state index in [-0.39, 0.29) is 24.3 Å². The molecule has 0 amide bonds. The Hall–Kier alpha value is -4.01. The van der Waals surface area contributed by atoms with Crippen molar-refractivity contribution in [3.63, 3.8) is 0 Å². The van der Waals surface area contributed by atoms with Crippen molar-refractivity contribution in [1.29, 1.82) is 0 Å². The summed E-state index contributed by atoms with van der Waals surface area (Å²) in [5.41, 5.74) is 1.57. The maximum absolute atomic E-state index is 14.0. The van der Waals surface area contributed by atoms with Crippen molar-refractivity contribution in [2.45, 2.75) is 19.9 Å². The zero-order valence-corrected chi connectivity index (χ0v) is 25.0. The number of hydrogen-bond acceptors (Lipinski definition) is 9. The molecule has 0 radical (unpaired) electrons. The maximum Gasteiger partial charge on any atom is 0.338 e. The average molecular weight is 628 g/mol. The lowest BCUT2D eigenvalue weighted by Gasteiger charge is -2.25. The lowest BCUT2D eigenvalue weighted by molar-refractivity contribution is -0.139. The zero-order valence-electron chi connectivity index (χ0n) is 22.6. The highest BCUT2D eigenvalue weighted by Gasteiger charge is 2.34. The number of aromatic nitrogens is 1. The van der Waals surface area contributed by atoms with Crippen LogP contribution in [0.1, 0.15) is 31.0 Å². The van der Waals surface area contributed by atoms with Crippen molar-refractivity contribution < 1.29 is 28.5 Å². The van der Waals surface area contributed by atoms with Crippen LogP contribution in [-0.2, 0) is 9.53 Å². The van der Waals surface area contributed by atoms with Crippen molar-refractivity contribution in [2.24, 2.45) is 4.99 Å². The lowest BCUT2D eigenvalue weighted by atomic mass is 9.95. The topological polar surface area (TPSA) is 97.6 Å². The molecule has 4 rings (SSSR count). The van der Waals surface area contributed by atoms with E-state index >= 15 is 0 Å². The molecule has 0 saturated heterocycles. The first-order valence-electron chi connectivity index (χ1n) is 12.1. The molecule has 2 aromatic carbocycles. The van der Waals surface area contributed by atoms with Gasteiger partial charge >= 0.3 is 5.97 Å². The fourth-order valence-electron chi connectivity index (χ4n) is 4.39. The molecule has 11 heteroatoms. The van der Waals surface area contributed by atoms with E-state index in [4.69, 9.17) is 30.1 Å². The number of thiazole rings is 1. The van der Waals surface area contributed by atoms with Crippen LogP contribution in [0.15, 0.2) is 55.9 Å². The van der Waals surface area contributed by atoms with Crippen LogP contribution in [-0.4, -0.2) is 45.1 Å². The molecule has 1 aromatic heterocycles. The van der Waals surface area contributed by atoms with Crippen LogP contribution in [0.25, 0.3) is 6.08 Å². The molecule has 2 heterocycles.